The smallest absolute Gasteiger partial charge is 0.276 e. The minimum absolute atomic E-state index is 0.0512. The average Bonchev–Trinajstić information content (AvgIpc) is 3.44. The standard InChI is InChI=1S/C25H32N6O2/c1-25(2)9-8-20-21(14-25)28-29-23(20)24(32)27-19-15-26-31(16-19)22(18-6-4-3-5-7-18)17-30-10-12-33-13-11-30/h3-7,15-16,22H,8-14,17H2,1-2H3,(H,27,32)(H,28,29). The Bertz CT molecular complexity index is 1100. The van der Waals surface area contributed by atoms with Crippen molar-refractivity contribution < 1.29 is 9.53 Å². The number of hydrogen-bond donors (Lipinski definition) is 2. The average molecular weight is 449 g/mol. The molecule has 5 rings (SSSR count). The molecule has 1 aromatic carbocycles. The number of ether oxygens (including phenoxy) is 1. The molecule has 0 bridgehead atoms. The number of amides is 1. The van der Waals surface area contributed by atoms with Gasteiger partial charge in [-0.25, -0.2) is 0 Å². The van der Waals surface area contributed by atoms with Crippen LogP contribution in [0.15, 0.2) is 42.7 Å². The number of carbonyl (C=O) groups excluding carboxylic acids is 1. The van der Waals surface area contributed by atoms with E-state index in [0.29, 0.717) is 11.4 Å². The molecule has 1 atom stereocenters. The topological polar surface area (TPSA) is 88.1 Å². The Morgan fingerprint density at radius 3 is 2.82 bits per heavy atom. The maximum absolute atomic E-state index is 13.0. The number of carbonyl (C=O) groups is 1. The first-order valence-electron chi connectivity index (χ1n) is 11.8. The van der Waals surface area contributed by atoms with Crippen molar-refractivity contribution in [3.05, 3.63) is 65.2 Å². The van der Waals surface area contributed by atoms with E-state index < -0.39 is 0 Å². The van der Waals surface area contributed by atoms with Gasteiger partial charge < -0.3 is 10.1 Å². The number of H-pyrrole nitrogens is 1. The van der Waals surface area contributed by atoms with Crippen LogP contribution in [0.1, 0.15) is 53.6 Å². The van der Waals surface area contributed by atoms with Gasteiger partial charge in [0.2, 0.25) is 0 Å². The van der Waals surface area contributed by atoms with Crippen LogP contribution in [0.5, 0.6) is 0 Å². The molecule has 1 amide bonds. The van der Waals surface area contributed by atoms with Crippen molar-refractivity contribution in [2.45, 2.75) is 39.2 Å². The van der Waals surface area contributed by atoms with Gasteiger partial charge in [-0.3, -0.25) is 19.5 Å². The van der Waals surface area contributed by atoms with Crippen molar-refractivity contribution in [2.75, 3.05) is 38.2 Å². The van der Waals surface area contributed by atoms with Crippen LogP contribution in [-0.4, -0.2) is 63.6 Å². The first kappa shape index (κ1) is 21.9. The quantitative estimate of drug-likeness (QED) is 0.604. The van der Waals surface area contributed by atoms with Crippen molar-refractivity contribution in [2.24, 2.45) is 5.41 Å². The highest BCUT2D eigenvalue weighted by atomic mass is 16.5. The molecule has 1 aliphatic heterocycles. The molecule has 1 unspecified atom stereocenters. The van der Waals surface area contributed by atoms with Gasteiger partial charge in [-0.2, -0.15) is 10.2 Å². The normalized spacial score (nSPS) is 19.1. The number of aromatic nitrogens is 4. The highest BCUT2D eigenvalue weighted by Crippen LogP contribution is 2.35. The lowest BCUT2D eigenvalue weighted by Gasteiger charge is -2.30. The third kappa shape index (κ3) is 4.86. The highest BCUT2D eigenvalue weighted by molar-refractivity contribution is 6.03. The number of benzene rings is 1. The van der Waals surface area contributed by atoms with Crippen LogP contribution in [0.2, 0.25) is 0 Å². The zero-order valence-electron chi connectivity index (χ0n) is 19.4. The van der Waals surface area contributed by atoms with Crippen LogP contribution in [-0.2, 0) is 17.6 Å². The summed E-state index contributed by atoms with van der Waals surface area (Å²) in [5.41, 5.74) is 4.74. The first-order chi connectivity index (χ1) is 16.0. The Hall–Kier alpha value is -2.97. The van der Waals surface area contributed by atoms with Crippen LogP contribution in [0.3, 0.4) is 0 Å². The molecule has 8 heteroatoms. The molecule has 2 aromatic heterocycles. The monoisotopic (exact) mass is 448 g/mol. The van der Waals surface area contributed by atoms with Crippen LogP contribution >= 0.6 is 0 Å². The number of anilines is 1. The Kier molecular flexibility index (Phi) is 6.03. The van der Waals surface area contributed by atoms with E-state index in [4.69, 9.17) is 4.74 Å². The van der Waals surface area contributed by atoms with E-state index in [-0.39, 0.29) is 17.4 Å². The predicted molar refractivity (Wildman–Crippen MR) is 126 cm³/mol. The van der Waals surface area contributed by atoms with E-state index in [9.17, 15) is 4.79 Å². The molecule has 1 saturated heterocycles. The van der Waals surface area contributed by atoms with Gasteiger partial charge in [0.25, 0.3) is 5.91 Å². The summed E-state index contributed by atoms with van der Waals surface area (Å²) in [7, 11) is 0. The maximum atomic E-state index is 13.0. The molecule has 174 valence electrons. The molecular weight excluding hydrogens is 416 g/mol. The lowest BCUT2D eigenvalue weighted by molar-refractivity contribution is 0.0331. The molecule has 2 aliphatic rings. The molecular formula is C25H32N6O2. The second-order valence-corrected chi connectivity index (χ2v) is 9.87. The lowest BCUT2D eigenvalue weighted by atomic mass is 9.76. The van der Waals surface area contributed by atoms with Crippen LogP contribution in [0, 0.1) is 5.41 Å². The largest absolute Gasteiger partial charge is 0.379 e. The number of fused-ring (bicyclic) bond motifs is 1. The number of nitrogens with zero attached hydrogens (tertiary/aromatic N) is 4. The summed E-state index contributed by atoms with van der Waals surface area (Å²) in [4.78, 5) is 15.4. The molecule has 0 spiro atoms. The molecule has 3 aromatic rings. The van der Waals surface area contributed by atoms with E-state index in [1.165, 1.54) is 5.56 Å². The molecule has 1 aliphatic carbocycles. The van der Waals surface area contributed by atoms with Gasteiger partial charge in [0.15, 0.2) is 5.69 Å². The number of rotatable bonds is 6. The van der Waals surface area contributed by atoms with Gasteiger partial charge in [0, 0.05) is 37.1 Å². The van der Waals surface area contributed by atoms with Gasteiger partial charge in [-0.15, -0.1) is 0 Å². The van der Waals surface area contributed by atoms with Crippen molar-refractivity contribution in [3.63, 3.8) is 0 Å². The molecule has 1 fully saturated rings. The van der Waals surface area contributed by atoms with Crippen LogP contribution in [0.25, 0.3) is 0 Å². The Labute approximate surface area is 194 Å². The molecule has 33 heavy (non-hydrogen) atoms. The molecule has 2 N–H and O–H groups in total. The van der Waals surface area contributed by atoms with E-state index in [0.717, 1.165) is 63.4 Å². The number of morpholine rings is 1. The summed E-state index contributed by atoms with van der Waals surface area (Å²) >= 11 is 0. The summed E-state index contributed by atoms with van der Waals surface area (Å²) in [6.45, 7) is 8.69. The summed E-state index contributed by atoms with van der Waals surface area (Å²) in [6, 6.07) is 10.4. The van der Waals surface area contributed by atoms with Crippen molar-refractivity contribution >= 4 is 11.6 Å². The van der Waals surface area contributed by atoms with Gasteiger partial charge in [0.05, 0.1) is 31.1 Å². The molecule has 0 radical (unpaired) electrons. The fourth-order valence-electron chi connectivity index (χ4n) is 4.84. The third-order valence-corrected chi connectivity index (χ3v) is 6.77. The molecule has 0 saturated carbocycles. The van der Waals surface area contributed by atoms with Gasteiger partial charge in [-0.1, -0.05) is 44.2 Å². The fraction of sp³-hybridized carbons (Fsp3) is 0.480. The minimum atomic E-state index is -0.184. The maximum Gasteiger partial charge on any atom is 0.276 e. The van der Waals surface area contributed by atoms with Gasteiger partial charge in [-0.05, 0) is 30.2 Å². The first-order valence-corrected chi connectivity index (χ1v) is 11.8. The van der Waals surface area contributed by atoms with E-state index in [1.54, 1.807) is 6.20 Å². The minimum Gasteiger partial charge on any atom is -0.379 e. The summed E-state index contributed by atoms with van der Waals surface area (Å²) in [6.07, 6.45) is 6.48. The fourth-order valence-corrected chi connectivity index (χ4v) is 4.84. The van der Waals surface area contributed by atoms with Gasteiger partial charge >= 0.3 is 0 Å². The van der Waals surface area contributed by atoms with E-state index in [1.807, 2.05) is 16.9 Å². The highest BCUT2D eigenvalue weighted by Gasteiger charge is 2.31. The van der Waals surface area contributed by atoms with Crippen molar-refractivity contribution in [1.82, 2.24) is 24.9 Å². The Balaban J connectivity index is 1.33. The predicted octanol–water partition coefficient (Wildman–Crippen LogP) is 3.30. The SMILES string of the molecule is CC1(C)CCc2c(C(=O)Nc3cnn(C(CN4CCOCC4)c4ccccc4)c3)n[nH]c2C1. The van der Waals surface area contributed by atoms with E-state index in [2.05, 4.69) is 63.6 Å². The van der Waals surface area contributed by atoms with Crippen molar-refractivity contribution in [3.8, 4) is 0 Å². The number of aromatic amines is 1. The lowest BCUT2D eigenvalue weighted by Crippen LogP contribution is -2.40. The second-order valence-electron chi connectivity index (χ2n) is 9.87. The molecule has 3 heterocycles. The van der Waals surface area contributed by atoms with Gasteiger partial charge in [0.1, 0.15) is 0 Å². The second kappa shape index (κ2) is 9.11. The number of hydrogen-bond acceptors (Lipinski definition) is 5. The molecule has 8 nitrogen and oxygen atoms in total. The Morgan fingerprint density at radius 2 is 2.03 bits per heavy atom. The van der Waals surface area contributed by atoms with E-state index >= 15 is 0 Å². The third-order valence-electron chi connectivity index (χ3n) is 6.77. The Morgan fingerprint density at radius 1 is 1.24 bits per heavy atom. The van der Waals surface area contributed by atoms with Crippen LogP contribution < -0.4 is 5.32 Å². The summed E-state index contributed by atoms with van der Waals surface area (Å²) < 4.78 is 7.45. The van der Waals surface area contributed by atoms with Crippen LogP contribution in [0.4, 0.5) is 5.69 Å². The zero-order valence-corrected chi connectivity index (χ0v) is 19.4. The number of nitrogens with one attached hydrogen (secondary N) is 2. The summed E-state index contributed by atoms with van der Waals surface area (Å²) in [5, 5.41) is 15.1. The van der Waals surface area contributed by atoms with Crippen molar-refractivity contribution in [1.29, 1.82) is 0 Å². The summed E-state index contributed by atoms with van der Waals surface area (Å²) in [5.74, 6) is -0.184. The zero-order chi connectivity index (χ0) is 22.8.